The van der Waals surface area contributed by atoms with Gasteiger partial charge in [-0.2, -0.15) is 0 Å². The van der Waals surface area contributed by atoms with E-state index in [9.17, 15) is 9.59 Å². The lowest BCUT2D eigenvalue weighted by Gasteiger charge is -2.23. The first kappa shape index (κ1) is 15.9. The highest BCUT2D eigenvalue weighted by Gasteiger charge is 2.18. The van der Waals surface area contributed by atoms with E-state index < -0.39 is 11.9 Å². The second-order valence-electron chi connectivity index (χ2n) is 5.53. The van der Waals surface area contributed by atoms with Gasteiger partial charge in [0.05, 0.1) is 5.56 Å². The highest BCUT2D eigenvalue weighted by molar-refractivity contribution is 5.92. The van der Waals surface area contributed by atoms with Gasteiger partial charge in [-0.15, -0.1) is 0 Å². The third-order valence-corrected chi connectivity index (χ3v) is 3.17. The van der Waals surface area contributed by atoms with Gasteiger partial charge < -0.3 is 16.2 Å². The Morgan fingerprint density at radius 1 is 1.35 bits per heavy atom. The van der Waals surface area contributed by atoms with Gasteiger partial charge in [0.15, 0.2) is 0 Å². The van der Waals surface area contributed by atoms with Crippen LogP contribution in [0.15, 0.2) is 18.3 Å². The number of nitrogens with zero attached hydrogens (tertiary/aromatic N) is 1. The molecule has 1 heterocycles. The van der Waals surface area contributed by atoms with Crippen LogP contribution in [-0.4, -0.2) is 28.5 Å². The number of nitrogens with one attached hydrogen (secondary N) is 1. The Balaban J connectivity index is 2.39. The van der Waals surface area contributed by atoms with Crippen molar-refractivity contribution in [3.05, 3.63) is 23.9 Å². The second-order valence-corrected chi connectivity index (χ2v) is 5.53. The van der Waals surface area contributed by atoms with Crippen molar-refractivity contribution in [1.29, 1.82) is 0 Å². The van der Waals surface area contributed by atoms with Crippen LogP contribution >= 0.6 is 0 Å². The van der Waals surface area contributed by atoms with Crippen LogP contribution in [0, 0.1) is 5.41 Å². The number of anilines is 1. The third-order valence-electron chi connectivity index (χ3n) is 3.17. The van der Waals surface area contributed by atoms with Crippen LogP contribution < -0.4 is 11.1 Å². The number of rotatable bonds is 8. The number of carboxylic acid groups (broad SMARTS) is 1. The number of carboxylic acids is 1. The van der Waals surface area contributed by atoms with Gasteiger partial charge in [-0.25, -0.2) is 4.98 Å². The van der Waals surface area contributed by atoms with Gasteiger partial charge in [0.2, 0.25) is 5.91 Å². The van der Waals surface area contributed by atoms with Crippen LogP contribution in [-0.2, 0) is 4.79 Å². The molecule has 1 aromatic heterocycles. The number of hydrogen-bond acceptors (Lipinski definition) is 4. The Morgan fingerprint density at radius 3 is 2.55 bits per heavy atom. The minimum atomic E-state index is -0.769. The minimum absolute atomic E-state index is 0.0431. The molecular formula is C14H21N3O3. The predicted molar refractivity (Wildman–Crippen MR) is 76.5 cm³/mol. The smallest absolute Gasteiger partial charge is 0.303 e. The number of primary amides is 1. The summed E-state index contributed by atoms with van der Waals surface area (Å²) in [6.45, 7) is 4.78. The number of amides is 1. The number of hydrogen-bond donors (Lipinski definition) is 3. The molecule has 1 amide bonds. The summed E-state index contributed by atoms with van der Waals surface area (Å²) in [5.74, 6) is -0.599. The van der Waals surface area contributed by atoms with E-state index in [1.807, 2.05) is 13.8 Å². The molecule has 0 atom stereocenters. The SMILES string of the molecule is CC(C)(CCNc1ccc(C(N)=O)cn1)CCC(=O)O. The quantitative estimate of drug-likeness (QED) is 0.673. The van der Waals surface area contributed by atoms with Crippen molar-refractivity contribution in [3.8, 4) is 0 Å². The van der Waals surface area contributed by atoms with E-state index in [1.54, 1.807) is 12.1 Å². The summed E-state index contributed by atoms with van der Waals surface area (Å²) >= 11 is 0. The van der Waals surface area contributed by atoms with E-state index in [-0.39, 0.29) is 11.8 Å². The standard InChI is InChI=1S/C14H21N3O3/c1-14(2,6-5-12(18)19)7-8-16-11-4-3-10(9-17-11)13(15)20/h3-4,9H,5-8H2,1-2H3,(H2,15,20)(H,16,17)(H,18,19). The zero-order chi connectivity index (χ0) is 15.2. The Kier molecular flexibility index (Phi) is 5.49. The molecule has 0 aliphatic rings. The van der Waals surface area contributed by atoms with Gasteiger partial charge in [0.25, 0.3) is 0 Å². The molecule has 20 heavy (non-hydrogen) atoms. The van der Waals surface area contributed by atoms with Crippen molar-refractivity contribution < 1.29 is 14.7 Å². The van der Waals surface area contributed by atoms with Gasteiger partial charge in [0, 0.05) is 19.2 Å². The van der Waals surface area contributed by atoms with Crippen LogP contribution in [0.3, 0.4) is 0 Å². The Hall–Kier alpha value is -2.11. The number of carbonyl (C=O) groups is 2. The Bertz CT molecular complexity index is 469. The maximum atomic E-state index is 10.9. The summed E-state index contributed by atoms with van der Waals surface area (Å²) in [7, 11) is 0. The molecule has 0 bridgehead atoms. The number of aromatic nitrogens is 1. The van der Waals surface area contributed by atoms with Crippen molar-refractivity contribution >= 4 is 17.7 Å². The molecule has 0 aliphatic heterocycles. The molecular weight excluding hydrogens is 258 g/mol. The monoisotopic (exact) mass is 279 g/mol. The summed E-state index contributed by atoms with van der Waals surface area (Å²) in [6, 6.07) is 3.32. The third kappa shape index (κ3) is 5.69. The molecule has 0 fully saturated rings. The Labute approximate surface area is 118 Å². The van der Waals surface area contributed by atoms with Gasteiger partial charge in [-0.05, 0) is 30.4 Å². The first-order chi connectivity index (χ1) is 9.30. The lowest BCUT2D eigenvalue weighted by atomic mass is 9.84. The summed E-state index contributed by atoms with van der Waals surface area (Å²) in [6.07, 6.45) is 3.08. The average molecular weight is 279 g/mol. The zero-order valence-electron chi connectivity index (χ0n) is 11.8. The molecule has 0 radical (unpaired) electrons. The molecule has 1 aromatic rings. The van der Waals surface area contributed by atoms with Crippen molar-refractivity contribution in [2.24, 2.45) is 11.1 Å². The molecule has 110 valence electrons. The van der Waals surface area contributed by atoms with Crippen LogP contribution in [0.1, 0.15) is 43.5 Å². The number of pyridine rings is 1. The fourth-order valence-electron chi connectivity index (χ4n) is 1.74. The Morgan fingerprint density at radius 2 is 2.05 bits per heavy atom. The van der Waals surface area contributed by atoms with E-state index >= 15 is 0 Å². The van der Waals surface area contributed by atoms with Crippen LogP contribution in [0.5, 0.6) is 0 Å². The largest absolute Gasteiger partial charge is 0.481 e. The van der Waals surface area contributed by atoms with Crippen molar-refractivity contribution in [2.45, 2.75) is 33.1 Å². The molecule has 0 saturated heterocycles. The first-order valence-electron chi connectivity index (χ1n) is 6.52. The van der Waals surface area contributed by atoms with E-state index in [2.05, 4.69) is 10.3 Å². The fraction of sp³-hybridized carbons (Fsp3) is 0.500. The average Bonchev–Trinajstić information content (AvgIpc) is 2.37. The summed E-state index contributed by atoms with van der Waals surface area (Å²) < 4.78 is 0. The molecule has 0 unspecified atom stereocenters. The lowest BCUT2D eigenvalue weighted by molar-refractivity contribution is -0.137. The maximum absolute atomic E-state index is 10.9. The van der Waals surface area contributed by atoms with E-state index in [4.69, 9.17) is 10.8 Å². The lowest BCUT2D eigenvalue weighted by Crippen LogP contribution is -2.18. The molecule has 4 N–H and O–H groups in total. The van der Waals surface area contributed by atoms with Crippen molar-refractivity contribution in [3.63, 3.8) is 0 Å². The molecule has 6 nitrogen and oxygen atoms in total. The van der Waals surface area contributed by atoms with Crippen LogP contribution in [0.2, 0.25) is 0 Å². The normalized spacial score (nSPS) is 11.1. The van der Waals surface area contributed by atoms with Crippen molar-refractivity contribution in [1.82, 2.24) is 4.98 Å². The van der Waals surface area contributed by atoms with Gasteiger partial charge in [0.1, 0.15) is 5.82 Å². The van der Waals surface area contributed by atoms with Crippen molar-refractivity contribution in [2.75, 3.05) is 11.9 Å². The van der Waals surface area contributed by atoms with E-state index in [1.165, 1.54) is 6.20 Å². The molecule has 0 spiro atoms. The first-order valence-corrected chi connectivity index (χ1v) is 6.52. The number of carbonyl (C=O) groups excluding carboxylic acids is 1. The maximum Gasteiger partial charge on any atom is 0.303 e. The van der Waals surface area contributed by atoms with E-state index in [0.29, 0.717) is 24.3 Å². The molecule has 0 aliphatic carbocycles. The van der Waals surface area contributed by atoms with E-state index in [0.717, 1.165) is 6.42 Å². The molecule has 6 heteroatoms. The van der Waals surface area contributed by atoms with Gasteiger partial charge in [-0.1, -0.05) is 13.8 Å². The summed E-state index contributed by atoms with van der Waals surface area (Å²) in [4.78, 5) is 25.6. The minimum Gasteiger partial charge on any atom is -0.481 e. The second kappa shape index (κ2) is 6.88. The van der Waals surface area contributed by atoms with Gasteiger partial charge >= 0.3 is 5.97 Å². The molecule has 0 aromatic carbocycles. The predicted octanol–water partition coefficient (Wildman–Crippen LogP) is 1.87. The summed E-state index contributed by atoms with van der Waals surface area (Å²) in [5.41, 5.74) is 5.46. The van der Waals surface area contributed by atoms with Crippen LogP contribution in [0.25, 0.3) is 0 Å². The van der Waals surface area contributed by atoms with Crippen LogP contribution in [0.4, 0.5) is 5.82 Å². The molecule has 1 rings (SSSR count). The molecule has 0 saturated carbocycles. The summed E-state index contributed by atoms with van der Waals surface area (Å²) in [5, 5.41) is 11.8. The highest BCUT2D eigenvalue weighted by Crippen LogP contribution is 2.26. The zero-order valence-corrected chi connectivity index (χ0v) is 11.8. The number of nitrogens with two attached hydrogens (primary N) is 1. The topological polar surface area (TPSA) is 105 Å². The van der Waals surface area contributed by atoms with Gasteiger partial charge in [-0.3, -0.25) is 9.59 Å². The highest BCUT2D eigenvalue weighted by atomic mass is 16.4. The number of aliphatic carboxylic acids is 1. The fourth-order valence-corrected chi connectivity index (χ4v) is 1.74.